The fourth-order valence-corrected chi connectivity index (χ4v) is 3.74. The standard InChI is InChI=1S/C25H23ClN6O2/c1-3-32-14-19(23(31-32)16-11-12-28-21(13-16)24(27)33)18-5-4-6-20(22(18)26)30-25(34)29-17-9-7-15(2)8-10-17/h4-14H,3H2,1-2H3,(H2,27,33)(H2,29,30,34). The molecule has 0 atom stereocenters. The summed E-state index contributed by atoms with van der Waals surface area (Å²) in [6.45, 7) is 4.58. The van der Waals surface area contributed by atoms with Crippen LogP contribution >= 0.6 is 11.6 Å². The van der Waals surface area contributed by atoms with Crippen molar-refractivity contribution in [1.29, 1.82) is 0 Å². The van der Waals surface area contributed by atoms with E-state index in [9.17, 15) is 9.59 Å². The zero-order valence-corrected chi connectivity index (χ0v) is 19.4. The fourth-order valence-electron chi connectivity index (χ4n) is 3.46. The van der Waals surface area contributed by atoms with Gasteiger partial charge in [0.25, 0.3) is 5.91 Å². The number of hydrogen-bond donors (Lipinski definition) is 3. The van der Waals surface area contributed by atoms with Crippen LogP contribution in [-0.2, 0) is 6.54 Å². The molecule has 0 aliphatic heterocycles. The van der Waals surface area contributed by atoms with Crippen LogP contribution in [0.5, 0.6) is 0 Å². The van der Waals surface area contributed by atoms with Gasteiger partial charge < -0.3 is 16.4 Å². The van der Waals surface area contributed by atoms with Gasteiger partial charge in [0.15, 0.2) is 0 Å². The highest BCUT2D eigenvalue weighted by atomic mass is 35.5. The molecule has 0 saturated heterocycles. The number of pyridine rings is 1. The van der Waals surface area contributed by atoms with Crippen molar-refractivity contribution in [2.75, 3.05) is 10.6 Å². The van der Waals surface area contributed by atoms with Crippen LogP contribution in [0.4, 0.5) is 16.2 Å². The molecule has 4 N–H and O–H groups in total. The minimum atomic E-state index is -0.623. The minimum absolute atomic E-state index is 0.142. The van der Waals surface area contributed by atoms with Gasteiger partial charge in [0.05, 0.1) is 10.7 Å². The number of hydrogen-bond acceptors (Lipinski definition) is 4. The van der Waals surface area contributed by atoms with Gasteiger partial charge in [0.1, 0.15) is 11.4 Å². The summed E-state index contributed by atoms with van der Waals surface area (Å²) in [5.41, 5.74) is 10.5. The molecule has 0 aliphatic rings. The fraction of sp³-hybridized carbons (Fsp3) is 0.120. The van der Waals surface area contributed by atoms with Gasteiger partial charge in [-0.2, -0.15) is 5.10 Å². The van der Waals surface area contributed by atoms with Crippen LogP contribution < -0.4 is 16.4 Å². The third-order valence-corrected chi connectivity index (χ3v) is 5.63. The van der Waals surface area contributed by atoms with Crippen molar-refractivity contribution in [2.45, 2.75) is 20.4 Å². The number of nitrogens with one attached hydrogen (secondary N) is 2. The lowest BCUT2D eigenvalue weighted by molar-refractivity contribution is 0.0995. The van der Waals surface area contributed by atoms with Crippen molar-refractivity contribution < 1.29 is 9.59 Å². The van der Waals surface area contributed by atoms with Crippen LogP contribution in [0, 0.1) is 6.92 Å². The number of benzene rings is 2. The second-order valence-corrected chi connectivity index (χ2v) is 8.03. The molecular formula is C25H23ClN6O2. The van der Waals surface area contributed by atoms with Gasteiger partial charge in [-0.05, 0) is 44.2 Å². The summed E-state index contributed by atoms with van der Waals surface area (Å²) in [7, 11) is 0. The van der Waals surface area contributed by atoms with Crippen molar-refractivity contribution in [3.8, 4) is 22.4 Å². The first-order chi connectivity index (χ1) is 16.4. The molecule has 2 heterocycles. The molecule has 34 heavy (non-hydrogen) atoms. The van der Waals surface area contributed by atoms with E-state index in [1.165, 1.54) is 6.20 Å². The Hall–Kier alpha value is -4.17. The molecule has 4 aromatic rings. The highest BCUT2D eigenvalue weighted by molar-refractivity contribution is 6.36. The first-order valence-corrected chi connectivity index (χ1v) is 11.0. The Morgan fingerprint density at radius 1 is 1.06 bits per heavy atom. The second-order valence-electron chi connectivity index (χ2n) is 7.65. The number of primary amides is 1. The van der Waals surface area contributed by atoms with Gasteiger partial charge in [-0.1, -0.05) is 41.4 Å². The lowest BCUT2D eigenvalue weighted by Gasteiger charge is -2.12. The summed E-state index contributed by atoms with van der Waals surface area (Å²) in [5.74, 6) is -0.623. The van der Waals surface area contributed by atoms with Crippen molar-refractivity contribution in [2.24, 2.45) is 5.73 Å². The van der Waals surface area contributed by atoms with Gasteiger partial charge in [0, 0.05) is 41.3 Å². The molecule has 2 aromatic heterocycles. The van der Waals surface area contributed by atoms with Crippen LogP contribution in [0.3, 0.4) is 0 Å². The van der Waals surface area contributed by atoms with E-state index in [1.54, 1.807) is 28.9 Å². The van der Waals surface area contributed by atoms with Crippen molar-refractivity contribution >= 4 is 34.9 Å². The topological polar surface area (TPSA) is 115 Å². The molecule has 0 radical (unpaired) electrons. The highest BCUT2D eigenvalue weighted by Gasteiger charge is 2.19. The number of carbonyl (C=O) groups is 2. The minimum Gasteiger partial charge on any atom is -0.364 e. The third kappa shape index (κ3) is 4.92. The SMILES string of the molecule is CCn1cc(-c2cccc(NC(=O)Nc3ccc(C)cc3)c2Cl)c(-c2ccnc(C(N)=O)c2)n1. The van der Waals surface area contributed by atoms with Crippen LogP contribution in [0.1, 0.15) is 23.0 Å². The van der Waals surface area contributed by atoms with E-state index in [0.29, 0.717) is 39.8 Å². The molecule has 0 bridgehead atoms. The van der Waals surface area contributed by atoms with Crippen LogP contribution in [0.25, 0.3) is 22.4 Å². The predicted molar refractivity (Wildman–Crippen MR) is 134 cm³/mol. The number of urea groups is 1. The third-order valence-electron chi connectivity index (χ3n) is 5.22. The number of aryl methyl sites for hydroxylation is 2. The smallest absolute Gasteiger partial charge is 0.323 e. The maximum absolute atomic E-state index is 12.6. The molecule has 3 amide bonds. The van der Waals surface area contributed by atoms with E-state index in [4.69, 9.17) is 17.3 Å². The van der Waals surface area contributed by atoms with Gasteiger partial charge >= 0.3 is 6.03 Å². The first-order valence-electron chi connectivity index (χ1n) is 10.6. The Labute approximate surface area is 201 Å². The summed E-state index contributed by atoms with van der Waals surface area (Å²) >= 11 is 6.74. The highest BCUT2D eigenvalue weighted by Crippen LogP contribution is 2.38. The number of amides is 3. The quantitative estimate of drug-likeness (QED) is 0.350. The summed E-state index contributed by atoms with van der Waals surface area (Å²) in [4.78, 5) is 28.2. The van der Waals surface area contributed by atoms with E-state index in [0.717, 1.165) is 11.1 Å². The van der Waals surface area contributed by atoms with Crippen LogP contribution in [-0.4, -0.2) is 26.7 Å². The molecule has 0 saturated carbocycles. The average molecular weight is 475 g/mol. The maximum atomic E-state index is 12.6. The Balaban J connectivity index is 1.68. The second kappa shape index (κ2) is 9.76. The van der Waals surface area contributed by atoms with E-state index in [2.05, 4.69) is 20.7 Å². The molecule has 4 rings (SSSR count). The summed E-state index contributed by atoms with van der Waals surface area (Å²) < 4.78 is 1.77. The lowest BCUT2D eigenvalue weighted by Crippen LogP contribution is -2.19. The molecule has 2 aromatic carbocycles. The molecule has 0 fully saturated rings. The monoisotopic (exact) mass is 474 g/mol. The Morgan fingerprint density at radius 2 is 1.82 bits per heavy atom. The van der Waals surface area contributed by atoms with E-state index < -0.39 is 11.9 Å². The summed E-state index contributed by atoms with van der Waals surface area (Å²) in [6.07, 6.45) is 3.39. The average Bonchev–Trinajstić information content (AvgIpc) is 3.26. The number of rotatable bonds is 6. The normalized spacial score (nSPS) is 10.7. The Kier molecular flexibility index (Phi) is 6.60. The number of nitrogens with zero attached hydrogens (tertiary/aromatic N) is 3. The number of halogens is 1. The van der Waals surface area contributed by atoms with Crippen molar-refractivity contribution in [3.63, 3.8) is 0 Å². The molecule has 0 aliphatic carbocycles. The maximum Gasteiger partial charge on any atom is 0.323 e. The molecule has 0 spiro atoms. The number of anilines is 2. The van der Waals surface area contributed by atoms with Gasteiger partial charge in [-0.3, -0.25) is 14.5 Å². The zero-order valence-electron chi connectivity index (χ0n) is 18.7. The predicted octanol–water partition coefficient (Wildman–Crippen LogP) is 5.34. The molecule has 8 nitrogen and oxygen atoms in total. The van der Waals surface area contributed by atoms with E-state index in [1.807, 2.05) is 50.4 Å². The Morgan fingerprint density at radius 3 is 2.53 bits per heavy atom. The first kappa shape index (κ1) is 23.0. The van der Waals surface area contributed by atoms with Crippen molar-refractivity contribution in [3.05, 3.63) is 83.3 Å². The molecular weight excluding hydrogens is 452 g/mol. The number of aromatic nitrogens is 3. The van der Waals surface area contributed by atoms with E-state index in [-0.39, 0.29) is 5.69 Å². The zero-order chi connectivity index (χ0) is 24.2. The van der Waals surface area contributed by atoms with Gasteiger partial charge in [-0.15, -0.1) is 0 Å². The van der Waals surface area contributed by atoms with E-state index >= 15 is 0 Å². The van der Waals surface area contributed by atoms with Crippen LogP contribution in [0.2, 0.25) is 5.02 Å². The molecule has 172 valence electrons. The van der Waals surface area contributed by atoms with Gasteiger partial charge in [0.2, 0.25) is 0 Å². The summed E-state index contributed by atoms with van der Waals surface area (Å²) in [6, 6.07) is 15.8. The number of carbonyl (C=O) groups excluding carboxylic acids is 2. The lowest BCUT2D eigenvalue weighted by atomic mass is 10.0. The Bertz CT molecular complexity index is 1360. The largest absolute Gasteiger partial charge is 0.364 e. The van der Waals surface area contributed by atoms with Crippen molar-refractivity contribution in [1.82, 2.24) is 14.8 Å². The van der Waals surface area contributed by atoms with Gasteiger partial charge in [-0.25, -0.2) is 4.79 Å². The molecule has 9 heteroatoms. The van der Waals surface area contributed by atoms with Crippen LogP contribution in [0.15, 0.2) is 67.0 Å². The number of nitrogens with two attached hydrogens (primary N) is 1. The molecule has 0 unspecified atom stereocenters. The summed E-state index contributed by atoms with van der Waals surface area (Å²) in [5, 5.41) is 10.6.